The fraction of sp³-hybridized carbons (Fsp3) is 0.600. The molecular weight excluding hydrogens is 910 g/mol. The predicted octanol–water partition coefficient (Wildman–Crippen LogP) is 3.14. The number of anilines is 3. The second kappa shape index (κ2) is 21.8. The van der Waals surface area contributed by atoms with Crippen molar-refractivity contribution in [1.29, 1.82) is 0 Å². The third kappa shape index (κ3) is 9.78. The first kappa shape index (κ1) is 53.0. The second-order valence-corrected chi connectivity index (χ2v) is 17.4. The van der Waals surface area contributed by atoms with Crippen molar-refractivity contribution in [3.05, 3.63) is 72.5 Å². The number of fused-ring (bicyclic) bond motifs is 3. The number of aliphatic hydroxyl groups is 4. The summed E-state index contributed by atoms with van der Waals surface area (Å²) < 4.78 is 77.9. The van der Waals surface area contributed by atoms with Gasteiger partial charge in [0.25, 0.3) is 0 Å². The molecule has 380 valence electrons. The lowest BCUT2D eigenvalue weighted by atomic mass is 9.94. The van der Waals surface area contributed by atoms with E-state index in [0.29, 0.717) is 59.3 Å². The molecule has 3 saturated heterocycles. The van der Waals surface area contributed by atoms with E-state index in [1.54, 1.807) is 47.8 Å². The third-order valence-electron chi connectivity index (χ3n) is 12.8. The number of unbranched alkanes of at least 4 members (excludes halogenated alkanes) is 2. The number of alkyl halides is 3. The molecule has 3 aliphatic rings. The number of hydrogen-bond acceptors (Lipinski definition) is 18. The first-order valence-electron chi connectivity index (χ1n) is 22.5. The van der Waals surface area contributed by atoms with Crippen LogP contribution in [-0.2, 0) is 40.5 Å². The van der Waals surface area contributed by atoms with E-state index in [1.165, 1.54) is 41.9 Å². The minimum Gasteiger partial charge on any atom is -0.394 e. The van der Waals surface area contributed by atoms with Crippen LogP contribution in [0.5, 0.6) is 0 Å². The summed E-state index contributed by atoms with van der Waals surface area (Å²) in [6, 6.07) is 10.1. The zero-order valence-corrected chi connectivity index (χ0v) is 38.5. The summed E-state index contributed by atoms with van der Waals surface area (Å²) in [5.74, 6) is 0.874. The van der Waals surface area contributed by atoms with E-state index in [2.05, 4.69) is 44.1 Å². The van der Waals surface area contributed by atoms with Crippen molar-refractivity contribution >= 4 is 34.0 Å². The van der Waals surface area contributed by atoms with E-state index >= 15 is 4.39 Å². The molecule has 21 nitrogen and oxygen atoms in total. The predicted molar refractivity (Wildman–Crippen MR) is 247 cm³/mol. The molecule has 0 aromatic carbocycles. The van der Waals surface area contributed by atoms with Gasteiger partial charge in [0.15, 0.2) is 36.0 Å². The van der Waals surface area contributed by atoms with E-state index in [-0.39, 0.29) is 19.1 Å². The van der Waals surface area contributed by atoms with E-state index in [1.807, 2.05) is 0 Å². The summed E-state index contributed by atoms with van der Waals surface area (Å²) in [6.45, 7) is 9.44. The van der Waals surface area contributed by atoms with Gasteiger partial charge in [-0.2, -0.15) is 15.3 Å². The molecule has 0 bridgehead atoms. The SMILES string of the molecule is C.CCCCOC[C@H]1OC(C)(c2ccc3c(N)ncnn23)[C@H](F)[C@@H]1OCCCC.C[C@@]1(c2ccc3c(N)ncnn23)O[C@H](CO)[C@@H](O)[C@H]1F.C[C@]1(c2ccc3c(N)ncnn23)O[C@H](CO)[C@@H](O)[C@H]1F. The maximum absolute atomic E-state index is 15.7. The van der Waals surface area contributed by atoms with E-state index < -0.39 is 85.2 Å². The summed E-state index contributed by atoms with van der Waals surface area (Å²) in [5, 5.41) is 50.2. The molecule has 12 atom stereocenters. The van der Waals surface area contributed by atoms with Crippen LogP contribution in [0.1, 0.15) is 84.8 Å². The van der Waals surface area contributed by atoms with Crippen molar-refractivity contribution in [2.24, 2.45) is 0 Å². The highest BCUT2D eigenvalue weighted by Crippen LogP contribution is 2.45. The van der Waals surface area contributed by atoms with Crippen LogP contribution >= 0.6 is 0 Å². The second-order valence-electron chi connectivity index (χ2n) is 17.4. The number of nitrogens with two attached hydrogens (primary N) is 3. The van der Waals surface area contributed by atoms with E-state index in [9.17, 15) is 19.0 Å². The highest BCUT2D eigenvalue weighted by molar-refractivity contribution is 5.67. The smallest absolute Gasteiger partial charge is 0.163 e. The number of nitrogens with zero attached hydrogens (tertiary/aromatic N) is 9. The highest BCUT2D eigenvalue weighted by Gasteiger charge is 2.57. The molecule has 9 rings (SSSR count). The molecule has 9 heterocycles. The lowest BCUT2D eigenvalue weighted by Gasteiger charge is -2.26. The first-order valence-corrected chi connectivity index (χ1v) is 22.5. The summed E-state index contributed by atoms with van der Waals surface area (Å²) in [5.41, 5.74) is 16.4. The largest absolute Gasteiger partial charge is 0.394 e. The number of aromatic nitrogens is 9. The Hall–Kier alpha value is -5.31. The average molecular weight is 975 g/mol. The lowest BCUT2D eigenvalue weighted by Crippen LogP contribution is -2.38. The van der Waals surface area contributed by atoms with Gasteiger partial charge >= 0.3 is 0 Å². The minimum atomic E-state index is -1.69. The van der Waals surface area contributed by atoms with Crippen molar-refractivity contribution in [3.63, 3.8) is 0 Å². The van der Waals surface area contributed by atoms with Crippen LogP contribution in [0.2, 0.25) is 0 Å². The third-order valence-corrected chi connectivity index (χ3v) is 12.8. The minimum absolute atomic E-state index is 0. The van der Waals surface area contributed by atoms with Crippen molar-refractivity contribution < 1.29 is 57.3 Å². The quantitative estimate of drug-likeness (QED) is 0.0772. The topological polar surface area (TPSA) is 296 Å². The Morgan fingerprint density at radius 2 is 0.957 bits per heavy atom. The van der Waals surface area contributed by atoms with Gasteiger partial charge in [-0.05, 0) is 70.0 Å². The summed E-state index contributed by atoms with van der Waals surface area (Å²) in [4.78, 5) is 11.7. The molecule has 0 radical (unpaired) electrons. The molecule has 6 aromatic heterocycles. The Kier molecular flexibility index (Phi) is 16.7. The Morgan fingerprint density at radius 3 is 1.32 bits per heavy atom. The average Bonchev–Trinajstić information content (AvgIpc) is 4.19. The molecule has 69 heavy (non-hydrogen) atoms. The molecule has 1 unspecified atom stereocenters. The summed E-state index contributed by atoms with van der Waals surface area (Å²) in [6.07, 6.45) is -2.90. The van der Waals surface area contributed by atoms with Gasteiger partial charge < -0.3 is 61.3 Å². The van der Waals surface area contributed by atoms with Gasteiger partial charge in [0.1, 0.15) is 89.0 Å². The Morgan fingerprint density at radius 1 is 0.594 bits per heavy atom. The van der Waals surface area contributed by atoms with Gasteiger partial charge in [0.2, 0.25) is 0 Å². The maximum atomic E-state index is 15.7. The maximum Gasteiger partial charge on any atom is 0.163 e. The van der Waals surface area contributed by atoms with Crippen LogP contribution in [0.4, 0.5) is 30.6 Å². The number of rotatable bonds is 14. The van der Waals surface area contributed by atoms with Gasteiger partial charge in [0, 0.05) is 13.2 Å². The zero-order chi connectivity index (χ0) is 49.1. The monoisotopic (exact) mass is 974 g/mol. The molecular formula is C45H65F3N12O9. The number of ether oxygens (including phenoxy) is 5. The van der Waals surface area contributed by atoms with Gasteiger partial charge in [-0.25, -0.2) is 41.7 Å². The Bertz CT molecular complexity index is 2510. The van der Waals surface area contributed by atoms with Gasteiger partial charge in [-0.15, -0.1) is 0 Å². The fourth-order valence-electron chi connectivity index (χ4n) is 8.89. The summed E-state index contributed by atoms with van der Waals surface area (Å²) >= 11 is 0. The molecule has 24 heteroatoms. The van der Waals surface area contributed by atoms with Gasteiger partial charge in [-0.3, -0.25) is 0 Å². The van der Waals surface area contributed by atoms with Crippen molar-refractivity contribution in [2.75, 3.05) is 50.2 Å². The molecule has 0 saturated carbocycles. The summed E-state index contributed by atoms with van der Waals surface area (Å²) in [7, 11) is 0. The molecule has 3 aliphatic heterocycles. The number of hydrogen-bond donors (Lipinski definition) is 7. The zero-order valence-electron chi connectivity index (χ0n) is 38.5. The van der Waals surface area contributed by atoms with Crippen LogP contribution in [0, 0.1) is 0 Å². The van der Waals surface area contributed by atoms with Crippen molar-refractivity contribution in [1.82, 2.24) is 43.8 Å². The normalized spacial score (nSPS) is 30.9. The van der Waals surface area contributed by atoms with Crippen LogP contribution in [0.25, 0.3) is 16.6 Å². The van der Waals surface area contributed by atoms with Gasteiger partial charge in [-0.1, -0.05) is 34.1 Å². The molecule has 0 amide bonds. The van der Waals surface area contributed by atoms with Gasteiger partial charge in [0.05, 0.1) is 36.9 Å². The van der Waals surface area contributed by atoms with E-state index in [4.69, 9.17) is 51.1 Å². The molecule has 10 N–H and O–H groups in total. The molecule has 3 fully saturated rings. The Balaban J connectivity index is 0.000000172. The number of aliphatic hydroxyl groups excluding tert-OH is 4. The van der Waals surface area contributed by atoms with Crippen LogP contribution in [-0.4, -0.2) is 152 Å². The van der Waals surface area contributed by atoms with Crippen LogP contribution in [0.3, 0.4) is 0 Å². The van der Waals surface area contributed by atoms with Crippen LogP contribution < -0.4 is 17.2 Å². The molecule has 6 aromatic rings. The highest BCUT2D eigenvalue weighted by atomic mass is 19.1. The first-order chi connectivity index (χ1) is 32.5. The van der Waals surface area contributed by atoms with Crippen molar-refractivity contribution in [3.8, 4) is 0 Å². The number of halogens is 3. The lowest BCUT2D eigenvalue weighted by molar-refractivity contribution is -0.0951. The van der Waals surface area contributed by atoms with E-state index in [0.717, 1.165) is 25.7 Å². The number of nitrogen functional groups attached to an aromatic ring is 3. The standard InChI is InChI=1S/C20H31FN4O3.2C12H15FN4O3.CH4/c1-4-6-10-26-12-15-17(27-11-7-5-2)18(21)20(3,28-15)16-9-8-14-19(22)23-13-24-25(14)16;2*1-12(10(13)9(19)7(4-18)20-12)8-3-2-6-11(14)15-5-16-17(6)8;/h8-9,13,15,17-18H,4-7,10-12H2,1-3H3,(H2,22,23,24);2*2-3,5,7,9-10,18-19H,4H2,1H3,(H2,14,15,16);1H4/t15-,17-,18-,20?;7-,9-,10-,12+;7-,9-,10-,12-;/m111./s1. The van der Waals surface area contributed by atoms with Crippen molar-refractivity contribution in [2.45, 2.75) is 140 Å². The molecule has 0 aliphatic carbocycles. The fourth-order valence-corrected chi connectivity index (χ4v) is 8.89. The Labute approximate surface area is 396 Å². The van der Waals surface area contributed by atoms with Crippen LogP contribution in [0.15, 0.2) is 55.4 Å². The molecule has 0 spiro atoms.